The molecule has 0 aliphatic rings. The van der Waals surface area contributed by atoms with Crippen LogP contribution in [-0.4, -0.2) is 23.8 Å². The molecule has 0 aliphatic carbocycles. The largest absolute Gasteiger partial charge is 0.497 e. The van der Waals surface area contributed by atoms with Gasteiger partial charge in [0.2, 0.25) is 0 Å². The Bertz CT molecular complexity index is 548. The summed E-state index contributed by atoms with van der Waals surface area (Å²) in [5, 5.41) is 10.5. The summed E-state index contributed by atoms with van der Waals surface area (Å²) >= 11 is 5.80. The van der Waals surface area contributed by atoms with Gasteiger partial charge >= 0.3 is 0 Å². The SMILES string of the molecule is COc1cccc(C(O)COc2cncc(Cl)c2)c1. The predicted molar refractivity (Wildman–Crippen MR) is 72.7 cm³/mol. The van der Waals surface area contributed by atoms with E-state index in [0.29, 0.717) is 16.5 Å². The second-order valence-corrected chi connectivity index (χ2v) is 4.38. The number of pyridine rings is 1. The molecule has 0 aliphatic heterocycles. The molecule has 1 atom stereocenters. The van der Waals surface area contributed by atoms with Gasteiger partial charge in [-0.2, -0.15) is 0 Å². The molecule has 1 aromatic carbocycles. The first-order valence-corrected chi connectivity index (χ1v) is 6.12. The monoisotopic (exact) mass is 279 g/mol. The van der Waals surface area contributed by atoms with E-state index < -0.39 is 6.10 Å². The van der Waals surface area contributed by atoms with Crippen molar-refractivity contribution in [3.05, 3.63) is 53.3 Å². The zero-order valence-electron chi connectivity index (χ0n) is 10.4. The summed E-state index contributed by atoms with van der Waals surface area (Å²) in [7, 11) is 1.58. The lowest BCUT2D eigenvalue weighted by Gasteiger charge is -2.13. The molecule has 0 spiro atoms. The lowest BCUT2D eigenvalue weighted by molar-refractivity contribution is 0.108. The summed E-state index contributed by atoms with van der Waals surface area (Å²) in [6.45, 7) is 0.120. The third-order valence-corrected chi connectivity index (χ3v) is 2.77. The van der Waals surface area contributed by atoms with Crippen LogP contribution in [0.3, 0.4) is 0 Å². The normalized spacial score (nSPS) is 11.9. The van der Waals surface area contributed by atoms with Crippen molar-refractivity contribution in [2.75, 3.05) is 13.7 Å². The van der Waals surface area contributed by atoms with Crippen LogP contribution < -0.4 is 9.47 Å². The minimum Gasteiger partial charge on any atom is -0.497 e. The molecule has 5 heteroatoms. The Morgan fingerprint density at radius 1 is 1.26 bits per heavy atom. The van der Waals surface area contributed by atoms with Gasteiger partial charge in [0.05, 0.1) is 18.3 Å². The highest BCUT2D eigenvalue weighted by Crippen LogP contribution is 2.21. The van der Waals surface area contributed by atoms with Crippen LogP contribution in [0.1, 0.15) is 11.7 Å². The summed E-state index contributed by atoms with van der Waals surface area (Å²) in [4.78, 5) is 3.90. The van der Waals surface area contributed by atoms with Crippen molar-refractivity contribution in [3.63, 3.8) is 0 Å². The summed E-state index contributed by atoms with van der Waals surface area (Å²) < 4.78 is 10.5. The van der Waals surface area contributed by atoms with E-state index in [1.807, 2.05) is 18.2 Å². The molecule has 0 fully saturated rings. The third kappa shape index (κ3) is 3.84. The number of aliphatic hydroxyl groups is 1. The van der Waals surface area contributed by atoms with E-state index in [-0.39, 0.29) is 6.61 Å². The zero-order valence-corrected chi connectivity index (χ0v) is 11.2. The van der Waals surface area contributed by atoms with E-state index >= 15 is 0 Å². The molecule has 1 heterocycles. The second kappa shape index (κ2) is 6.41. The fraction of sp³-hybridized carbons (Fsp3) is 0.214. The highest BCUT2D eigenvalue weighted by atomic mass is 35.5. The molecule has 0 amide bonds. The smallest absolute Gasteiger partial charge is 0.139 e. The van der Waals surface area contributed by atoms with Gasteiger partial charge in [-0.1, -0.05) is 23.7 Å². The third-order valence-electron chi connectivity index (χ3n) is 2.57. The van der Waals surface area contributed by atoms with Crippen molar-refractivity contribution in [3.8, 4) is 11.5 Å². The Labute approximate surface area is 116 Å². The van der Waals surface area contributed by atoms with Crippen LogP contribution in [0, 0.1) is 0 Å². The van der Waals surface area contributed by atoms with Crippen molar-refractivity contribution in [1.29, 1.82) is 0 Å². The van der Waals surface area contributed by atoms with Crippen LogP contribution >= 0.6 is 11.6 Å². The van der Waals surface area contributed by atoms with E-state index in [1.165, 1.54) is 6.20 Å². The molecule has 2 aromatic rings. The highest BCUT2D eigenvalue weighted by Gasteiger charge is 2.09. The molecule has 0 saturated carbocycles. The van der Waals surface area contributed by atoms with Gasteiger partial charge in [0.25, 0.3) is 0 Å². The Morgan fingerprint density at radius 3 is 2.84 bits per heavy atom. The molecule has 0 radical (unpaired) electrons. The number of nitrogens with zero attached hydrogens (tertiary/aromatic N) is 1. The molecule has 100 valence electrons. The number of aliphatic hydroxyl groups excluding tert-OH is 1. The lowest BCUT2D eigenvalue weighted by atomic mass is 10.1. The molecule has 4 nitrogen and oxygen atoms in total. The van der Waals surface area contributed by atoms with Crippen LogP contribution in [0.25, 0.3) is 0 Å². The Balaban J connectivity index is 1.99. The lowest BCUT2D eigenvalue weighted by Crippen LogP contribution is -2.09. The van der Waals surface area contributed by atoms with Crippen molar-refractivity contribution >= 4 is 11.6 Å². The van der Waals surface area contributed by atoms with Crippen LogP contribution in [0.5, 0.6) is 11.5 Å². The minimum atomic E-state index is -0.742. The van der Waals surface area contributed by atoms with Crippen LogP contribution in [-0.2, 0) is 0 Å². The Morgan fingerprint density at radius 2 is 2.11 bits per heavy atom. The Kier molecular flexibility index (Phi) is 4.60. The van der Waals surface area contributed by atoms with Gasteiger partial charge in [-0.15, -0.1) is 0 Å². The van der Waals surface area contributed by atoms with Gasteiger partial charge in [-0.05, 0) is 17.7 Å². The molecule has 19 heavy (non-hydrogen) atoms. The number of methoxy groups -OCH3 is 1. The van der Waals surface area contributed by atoms with Gasteiger partial charge < -0.3 is 14.6 Å². The maximum absolute atomic E-state index is 10.0. The average Bonchev–Trinajstić information content (AvgIpc) is 2.45. The first kappa shape index (κ1) is 13.6. The number of halogens is 1. The number of hydrogen-bond donors (Lipinski definition) is 1. The van der Waals surface area contributed by atoms with E-state index in [0.717, 1.165) is 5.56 Å². The van der Waals surface area contributed by atoms with E-state index in [9.17, 15) is 5.11 Å². The number of aromatic nitrogens is 1. The molecular formula is C14H14ClNO3. The topological polar surface area (TPSA) is 51.6 Å². The van der Waals surface area contributed by atoms with Gasteiger partial charge in [0.1, 0.15) is 24.2 Å². The van der Waals surface area contributed by atoms with E-state index in [2.05, 4.69) is 4.98 Å². The second-order valence-electron chi connectivity index (χ2n) is 3.94. The first-order valence-electron chi connectivity index (χ1n) is 5.74. The highest BCUT2D eigenvalue weighted by molar-refractivity contribution is 6.30. The minimum absolute atomic E-state index is 0.120. The molecule has 1 aromatic heterocycles. The fourth-order valence-corrected chi connectivity index (χ4v) is 1.76. The van der Waals surface area contributed by atoms with Crippen molar-refractivity contribution in [2.24, 2.45) is 0 Å². The maximum Gasteiger partial charge on any atom is 0.139 e. The molecule has 0 bridgehead atoms. The summed E-state index contributed by atoms with van der Waals surface area (Å²) in [5.74, 6) is 1.22. The molecule has 2 rings (SSSR count). The number of benzene rings is 1. The van der Waals surface area contributed by atoms with Gasteiger partial charge in [-0.3, -0.25) is 4.98 Å². The first-order chi connectivity index (χ1) is 9.19. The number of rotatable bonds is 5. The average molecular weight is 280 g/mol. The molecule has 0 saturated heterocycles. The summed E-state index contributed by atoms with van der Waals surface area (Å²) in [5.41, 5.74) is 0.731. The summed E-state index contributed by atoms with van der Waals surface area (Å²) in [6.07, 6.45) is 2.32. The molecule has 1 N–H and O–H groups in total. The van der Waals surface area contributed by atoms with E-state index in [4.69, 9.17) is 21.1 Å². The van der Waals surface area contributed by atoms with Crippen LogP contribution in [0.15, 0.2) is 42.7 Å². The van der Waals surface area contributed by atoms with Crippen molar-refractivity contribution < 1.29 is 14.6 Å². The fourth-order valence-electron chi connectivity index (χ4n) is 1.59. The van der Waals surface area contributed by atoms with Gasteiger partial charge in [0.15, 0.2) is 0 Å². The number of ether oxygens (including phenoxy) is 2. The Hall–Kier alpha value is -1.78. The van der Waals surface area contributed by atoms with E-state index in [1.54, 1.807) is 25.4 Å². The van der Waals surface area contributed by atoms with Crippen LogP contribution in [0.4, 0.5) is 0 Å². The standard InChI is InChI=1S/C14H14ClNO3/c1-18-12-4-2-3-10(5-12)14(17)9-19-13-6-11(15)7-16-8-13/h2-8,14,17H,9H2,1H3. The summed E-state index contributed by atoms with van der Waals surface area (Å²) in [6, 6.07) is 8.86. The van der Waals surface area contributed by atoms with Crippen molar-refractivity contribution in [1.82, 2.24) is 4.98 Å². The predicted octanol–water partition coefficient (Wildman–Crippen LogP) is 2.86. The van der Waals surface area contributed by atoms with Gasteiger partial charge in [0, 0.05) is 12.3 Å². The number of hydrogen-bond acceptors (Lipinski definition) is 4. The maximum atomic E-state index is 10.0. The zero-order chi connectivity index (χ0) is 13.7. The molecule has 1 unspecified atom stereocenters. The van der Waals surface area contributed by atoms with Crippen molar-refractivity contribution in [2.45, 2.75) is 6.10 Å². The molecular weight excluding hydrogens is 266 g/mol. The van der Waals surface area contributed by atoms with Crippen LogP contribution in [0.2, 0.25) is 5.02 Å². The quantitative estimate of drug-likeness (QED) is 0.914. The van der Waals surface area contributed by atoms with Gasteiger partial charge in [-0.25, -0.2) is 0 Å².